The van der Waals surface area contributed by atoms with E-state index >= 15 is 0 Å². The molecule has 60 valence electrons. The normalized spacial score (nSPS) is 25.5. The Bertz CT molecular complexity index is 136. The van der Waals surface area contributed by atoms with Crippen LogP contribution >= 0.6 is 0 Å². The topological polar surface area (TPSA) is 29.1 Å². The first-order chi connectivity index (χ1) is 4.68. The molecule has 0 aliphatic carbocycles. The van der Waals surface area contributed by atoms with Crippen molar-refractivity contribution in [1.82, 2.24) is 5.32 Å². The fraction of sp³-hybridized carbons (Fsp3) is 0.875. The van der Waals surface area contributed by atoms with Crippen LogP contribution < -0.4 is 5.32 Å². The van der Waals surface area contributed by atoms with Gasteiger partial charge >= 0.3 is 0 Å². The lowest BCUT2D eigenvalue weighted by molar-refractivity contribution is -0.119. The van der Waals surface area contributed by atoms with E-state index in [1.807, 2.05) is 0 Å². The van der Waals surface area contributed by atoms with Crippen molar-refractivity contribution in [2.24, 2.45) is 5.92 Å². The Morgan fingerprint density at radius 3 is 2.90 bits per heavy atom. The van der Waals surface area contributed by atoms with Crippen LogP contribution in [0, 0.1) is 5.92 Å². The largest absolute Gasteiger partial charge is 0.353 e. The molecule has 1 N–H and O–H groups in total. The smallest absolute Gasteiger partial charge is 0.220 e. The zero-order valence-electron chi connectivity index (χ0n) is 6.68. The van der Waals surface area contributed by atoms with Gasteiger partial charge in [0.05, 0.1) is 0 Å². The first-order valence-corrected chi connectivity index (χ1v) is 3.98. The van der Waals surface area contributed by atoms with Crippen molar-refractivity contribution in [3.05, 3.63) is 0 Å². The van der Waals surface area contributed by atoms with Crippen molar-refractivity contribution in [2.45, 2.75) is 39.2 Å². The number of rotatable bonds is 2. The van der Waals surface area contributed by atoms with Crippen molar-refractivity contribution in [1.29, 1.82) is 0 Å². The van der Waals surface area contributed by atoms with Crippen molar-refractivity contribution >= 4 is 5.91 Å². The fourth-order valence-electron chi connectivity index (χ4n) is 1.42. The molecule has 0 aromatic rings. The van der Waals surface area contributed by atoms with Gasteiger partial charge in [-0.25, -0.2) is 0 Å². The molecule has 1 atom stereocenters. The quantitative estimate of drug-likeness (QED) is 0.624. The molecule has 1 amide bonds. The summed E-state index contributed by atoms with van der Waals surface area (Å²) in [6.07, 6.45) is 2.90. The monoisotopic (exact) mass is 143 g/mol. The number of nitrogens with one attached hydrogen (secondary N) is 1. The first-order valence-electron chi connectivity index (χ1n) is 3.98. The van der Waals surface area contributed by atoms with Gasteiger partial charge < -0.3 is 5.32 Å². The van der Waals surface area contributed by atoms with E-state index in [1.54, 1.807) is 0 Å². The lowest BCUT2D eigenvalue weighted by Crippen LogP contribution is -2.26. The van der Waals surface area contributed by atoms with Crippen LogP contribution in [0.5, 0.6) is 0 Å². The van der Waals surface area contributed by atoms with E-state index in [-0.39, 0.29) is 7.33 Å². The number of hydrogen-bond donors (Lipinski definition) is 1. The molecule has 1 aliphatic rings. The third-order valence-corrected chi connectivity index (χ3v) is 1.84. The Morgan fingerprint density at radius 2 is 2.50 bits per heavy atom. The second-order valence-electron chi connectivity index (χ2n) is 3.43. The van der Waals surface area contributed by atoms with Crippen molar-refractivity contribution in [3.8, 4) is 0 Å². The molecule has 1 heterocycles. The Hall–Kier alpha value is -0.530. The molecule has 1 fully saturated rings. The SMILES string of the molecule is CC(C)CC1CCC(=O)N1.[HH]. The molecule has 0 bridgehead atoms. The van der Waals surface area contributed by atoms with E-state index in [4.69, 9.17) is 0 Å². The van der Waals surface area contributed by atoms with Gasteiger partial charge in [-0.1, -0.05) is 13.8 Å². The predicted octanol–water partition coefficient (Wildman–Crippen LogP) is 1.56. The number of amides is 1. The molecule has 2 heteroatoms. The molecule has 10 heavy (non-hydrogen) atoms. The summed E-state index contributed by atoms with van der Waals surface area (Å²) in [5.41, 5.74) is 0. The van der Waals surface area contributed by atoms with Crippen molar-refractivity contribution in [2.75, 3.05) is 0 Å². The van der Waals surface area contributed by atoms with Gasteiger partial charge in [0.15, 0.2) is 0 Å². The highest BCUT2D eigenvalue weighted by Crippen LogP contribution is 2.14. The minimum absolute atomic E-state index is 0. The van der Waals surface area contributed by atoms with Crippen molar-refractivity contribution in [3.63, 3.8) is 0 Å². The molecular formula is C8H17NO. The maximum absolute atomic E-state index is 10.7. The summed E-state index contributed by atoms with van der Waals surface area (Å²) in [4.78, 5) is 10.7. The lowest BCUT2D eigenvalue weighted by atomic mass is 10.0. The Morgan fingerprint density at radius 1 is 1.80 bits per heavy atom. The molecule has 1 rings (SSSR count). The number of hydrogen-bond acceptors (Lipinski definition) is 1. The summed E-state index contributed by atoms with van der Waals surface area (Å²) in [6.45, 7) is 4.37. The van der Waals surface area contributed by atoms with Crippen LogP contribution in [0.2, 0.25) is 0 Å². The standard InChI is InChI=1S/C8H15NO.H2/c1-6(2)5-7-3-4-8(10)9-7;/h6-7H,3-5H2,1-2H3,(H,9,10);1H. The predicted molar refractivity (Wildman–Crippen MR) is 42.7 cm³/mol. The summed E-state index contributed by atoms with van der Waals surface area (Å²) in [7, 11) is 0. The van der Waals surface area contributed by atoms with Crippen LogP contribution in [0.3, 0.4) is 0 Å². The van der Waals surface area contributed by atoms with Crippen LogP contribution in [0.25, 0.3) is 0 Å². The van der Waals surface area contributed by atoms with Crippen LogP contribution in [0.1, 0.15) is 34.5 Å². The van der Waals surface area contributed by atoms with E-state index in [0.29, 0.717) is 12.0 Å². The second kappa shape index (κ2) is 3.04. The van der Waals surface area contributed by atoms with Gasteiger partial charge in [0.25, 0.3) is 0 Å². The van der Waals surface area contributed by atoms with Gasteiger partial charge in [-0.05, 0) is 18.8 Å². The fourth-order valence-corrected chi connectivity index (χ4v) is 1.42. The average Bonchev–Trinajstić information content (AvgIpc) is 2.13. The van der Waals surface area contributed by atoms with Gasteiger partial charge in [-0.15, -0.1) is 0 Å². The highest BCUT2D eigenvalue weighted by atomic mass is 16.1. The molecule has 0 aromatic carbocycles. The van der Waals surface area contributed by atoms with Gasteiger partial charge in [-0.3, -0.25) is 4.79 Å². The van der Waals surface area contributed by atoms with Crippen LogP contribution in [-0.4, -0.2) is 11.9 Å². The summed E-state index contributed by atoms with van der Waals surface area (Å²) < 4.78 is 0. The molecule has 0 aromatic heterocycles. The minimum Gasteiger partial charge on any atom is -0.353 e. The van der Waals surface area contributed by atoms with E-state index in [1.165, 1.54) is 0 Å². The van der Waals surface area contributed by atoms with Crippen LogP contribution in [0.15, 0.2) is 0 Å². The molecule has 0 saturated carbocycles. The van der Waals surface area contributed by atoms with Crippen molar-refractivity contribution < 1.29 is 6.22 Å². The minimum atomic E-state index is 0. The second-order valence-corrected chi connectivity index (χ2v) is 3.43. The highest BCUT2D eigenvalue weighted by molar-refractivity contribution is 5.78. The molecule has 0 radical (unpaired) electrons. The Balaban J connectivity index is 0.000001000. The van der Waals surface area contributed by atoms with E-state index in [9.17, 15) is 4.79 Å². The zero-order valence-corrected chi connectivity index (χ0v) is 6.68. The maximum atomic E-state index is 10.7. The lowest BCUT2D eigenvalue weighted by Gasteiger charge is -2.11. The Kier molecular flexibility index (Phi) is 2.30. The summed E-state index contributed by atoms with van der Waals surface area (Å²) >= 11 is 0. The van der Waals surface area contributed by atoms with E-state index in [2.05, 4.69) is 19.2 Å². The molecule has 0 spiro atoms. The average molecular weight is 143 g/mol. The van der Waals surface area contributed by atoms with Gasteiger partial charge in [-0.2, -0.15) is 0 Å². The third-order valence-electron chi connectivity index (χ3n) is 1.84. The van der Waals surface area contributed by atoms with Gasteiger partial charge in [0.1, 0.15) is 0 Å². The molecular weight excluding hydrogens is 126 g/mol. The van der Waals surface area contributed by atoms with Crippen LogP contribution in [-0.2, 0) is 4.79 Å². The first kappa shape index (κ1) is 7.58. The number of carbonyl (C=O) groups is 1. The highest BCUT2D eigenvalue weighted by Gasteiger charge is 2.20. The summed E-state index contributed by atoms with van der Waals surface area (Å²) in [5.74, 6) is 0.925. The zero-order chi connectivity index (χ0) is 7.56. The maximum Gasteiger partial charge on any atom is 0.220 e. The molecule has 1 aliphatic heterocycles. The summed E-state index contributed by atoms with van der Waals surface area (Å²) in [6, 6.07) is 0.465. The third kappa shape index (κ3) is 2.01. The van der Waals surface area contributed by atoms with Gasteiger partial charge in [0.2, 0.25) is 5.91 Å². The van der Waals surface area contributed by atoms with Gasteiger partial charge in [0, 0.05) is 13.9 Å². The van der Waals surface area contributed by atoms with E-state index in [0.717, 1.165) is 19.3 Å². The molecule has 1 saturated heterocycles. The Labute approximate surface area is 63.5 Å². The van der Waals surface area contributed by atoms with Crippen LogP contribution in [0.4, 0.5) is 0 Å². The summed E-state index contributed by atoms with van der Waals surface area (Å²) in [5, 5.41) is 2.95. The molecule has 2 nitrogen and oxygen atoms in total. The number of carbonyl (C=O) groups excluding carboxylic acids is 1. The van der Waals surface area contributed by atoms with E-state index < -0.39 is 0 Å². The molecule has 1 unspecified atom stereocenters.